The number of ether oxygens (including phenoxy) is 1. The Morgan fingerprint density at radius 1 is 0.810 bits per heavy atom. The number of likely N-dealkylation sites (tertiary alicyclic amines) is 1. The quantitative estimate of drug-likeness (QED) is 0.430. The van der Waals surface area contributed by atoms with Crippen molar-refractivity contribution in [3.63, 3.8) is 0 Å². The Labute approximate surface area is 245 Å². The van der Waals surface area contributed by atoms with Crippen LogP contribution in [-0.2, 0) is 20.9 Å². The summed E-state index contributed by atoms with van der Waals surface area (Å²) in [5.41, 5.74) is 4.60. The molecule has 9 nitrogen and oxygen atoms in total. The molecule has 3 aliphatic rings. The molecule has 2 heterocycles. The molecular weight excluding hydrogens is 532 g/mol. The van der Waals surface area contributed by atoms with E-state index in [9.17, 15) is 14.4 Å². The van der Waals surface area contributed by atoms with E-state index in [0.717, 1.165) is 27.8 Å². The Bertz CT molecular complexity index is 1410. The Morgan fingerprint density at radius 3 is 2.07 bits per heavy atom. The van der Waals surface area contributed by atoms with Crippen LogP contribution in [0.25, 0.3) is 11.1 Å². The fourth-order valence-electron chi connectivity index (χ4n) is 6.63. The molecule has 0 radical (unpaired) electrons. The van der Waals surface area contributed by atoms with Gasteiger partial charge in [0.15, 0.2) is 0 Å². The number of alkyl carbamates (subject to hydrolysis) is 1. The molecule has 218 valence electrons. The van der Waals surface area contributed by atoms with E-state index in [0.29, 0.717) is 52.2 Å². The number of piperazine rings is 1. The van der Waals surface area contributed by atoms with Gasteiger partial charge in [-0.25, -0.2) is 4.79 Å². The third kappa shape index (κ3) is 5.75. The molecule has 0 saturated carbocycles. The smallest absolute Gasteiger partial charge is 0.408 e. The number of aliphatic carboxylic acids is 1. The number of benzene rings is 3. The molecule has 2 fully saturated rings. The molecule has 1 atom stereocenters. The number of amides is 2. The Kier molecular flexibility index (Phi) is 7.95. The van der Waals surface area contributed by atoms with Gasteiger partial charge in [0.25, 0.3) is 0 Å². The van der Waals surface area contributed by atoms with Gasteiger partial charge in [0.1, 0.15) is 12.1 Å². The number of carbonyl (C=O) groups is 3. The van der Waals surface area contributed by atoms with Crippen LogP contribution in [0.1, 0.15) is 29.0 Å². The Morgan fingerprint density at radius 2 is 1.43 bits per heavy atom. The van der Waals surface area contributed by atoms with Crippen LogP contribution in [-0.4, -0.2) is 95.7 Å². The van der Waals surface area contributed by atoms with Gasteiger partial charge in [-0.1, -0.05) is 78.9 Å². The highest BCUT2D eigenvalue weighted by Gasteiger charge is 2.48. The molecule has 3 aromatic carbocycles. The van der Waals surface area contributed by atoms with Crippen molar-refractivity contribution in [1.29, 1.82) is 0 Å². The van der Waals surface area contributed by atoms with Crippen molar-refractivity contribution in [1.82, 2.24) is 20.0 Å². The molecule has 0 spiro atoms. The third-order valence-corrected chi connectivity index (χ3v) is 8.71. The zero-order valence-corrected chi connectivity index (χ0v) is 23.6. The number of hydrogen-bond donors (Lipinski definition) is 2. The number of nitrogens with one attached hydrogen (secondary N) is 1. The Balaban J connectivity index is 1.16. The highest BCUT2D eigenvalue weighted by molar-refractivity contribution is 5.91. The SMILES string of the molecule is O=C(O)CN1CCN(C(=O)C2(NC(=O)OCC3c4ccccc4-c4ccccc43)CCN(Cc3ccccc3)C2)CC1. The molecule has 1 unspecified atom stereocenters. The van der Waals surface area contributed by atoms with Crippen molar-refractivity contribution in [2.45, 2.75) is 24.4 Å². The van der Waals surface area contributed by atoms with Gasteiger partial charge in [-0.15, -0.1) is 0 Å². The second-order valence-electron chi connectivity index (χ2n) is 11.4. The number of carbonyl (C=O) groups excluding carboxylic acids is 2. The average Bonchev–Trinajstić information content (AvgIpc) is 3.55. The van der Waals surface area contributed by atoms with E-state index in [1.165, 1.54) is 0 Å². The first kappa shape index (κ1) is 27.9. The summed E-state index contributed by atoms with van der Waals surface area (Å²) in [4.78, 5) is 44.4. The molecule has 2 amide bonds. The first-order valence-corrected chi connectivity index (χ1v) is 14.5. The van der Waals surface area contributed by atoms with Crippen molar-refractivity contribution < 1.29 is 24.2 Å². The average molecular weight is 569 g/mol. The summed E-state index contributed by atoms with van der Waals surface area (Å²) in [6.45, 7) is 3.62. The lowest BCUT2D eigenvalue weighted by atomic mass is 9.96. The van der Waals surface area contributed by atoms with Crippen molar-refractivity contribution in [3.05, 3.63) is 95.6 Å². The summed E-state index contributed by atoms with van der Waals surface area (Å²) in [5, 5.41) is 12.2. The van der Waals surface area contributed by atoms with Crippen LogP contribution >= 0.6 is 0 Å². The molecule has 6 rings (SSSR count). The molecule has 2 aliphatic heterocycles. The molecular formula is C33H36N4O5. The molecule has 1 aliphatic carbocycles. The van der Waals surface area contributed by atoms with Gasteiger partial charge in [-0.3, -0.25) is 19.4 Å². The van der Waals surface area contributed by atoms with Gasteiger partial charge in [0.2, 0.25) is 5.91 Å². The third-order valence-electron chi connectivity index (χ3n) is 8.71. The first-order valence-electron chi connectivity index (χ1n) is 14.5. The predicted molar refractivity (Wildman–Crippen MR) is 158 cm³/mol. The highest BCUT2D eigenvalue weighted by Crippen LogP contribution is 2.44. The molecule has 3 aromatic rings. The number of hydrogen-bond acceptors (Lipinski definition) is 6. The summed E-state index contributed by atoms with van der Waals surface area (Å²) in [7, 11) is 0. The van der Waals surface area contributed by atoms with Crippen molar-refractivity contribution >= 4 is 18.0 Å². The van der Waals surface area contributed by atoms with Crippen LogP contribution in [0.3, 0.4) is 0 Å². The van der Waals surface area contributed by atoms with E-state index in [1.807, 2.05) is 47.4 Å². The normalized spacial score (nSPS) is 20.6. The van der Waals surface area contributed by atoms with E-state index in [2.05, 4.69) is 46.6 Å². The van der Waals surface area contributed by atoms with E-state index in [4.69, 9.17) is 9.84 Å². The van der Waals surface area contributed by atoms with Crippen LogP contribution < -0.4 is 5.32 Å². The molecule has 2 N–H and O–H groups in total. The lowest BCUT2D eigenvalue weighted by Crippen LogP contribution is -2.63. The van der Waals surface area contributed by atoms with Gasteiger partial charge in [0.05, 0.1) is 6.54 Å². The van der Waals surface area contributed by atoms with Crippen molar-refractivity contribution in [2.24, 2.45) is 0 Å². The first-order chi connectivity index (χ1) is 20.4. The minimum absolute atomic E-state index is 0.0456. The molecule has 9 heteroatoms. The molecule has 42 heavy (non-hydrogen) atoms. The minimum atomic E-state index is -1.12. The molecule has 0 bridgehead atoms. The van der Waals surface area contributed by atoms with Gasteiger partial charge < -0.3 is 20.1 Å². The number of carboxylic acid groups (broad SMARTS) is 1. The zero-order valence-electron chi connectivity index (χ0n) is 23.6. The molecule has 2 saturated heterocycles. The fourth-order valence-corrected chi connectivity index (χ4v) is 6.63. The van der Waals surface area contributed by atoms with Crippen LogP contribution in [0.4, 0.5) is 4.79 Å². The maximum atomic E-state index is 14.1. The second-order valence-corrected chi connectivity index (χ2v) is 11.4. The number of carboxylic acids is 1. The summed E-state index contributed by atoms with van der Waals surface area (Å²) < 4.78 is 5.87. The lowest BCUT2D eigenvalue weighted by Gasteiger charge is -2.39. The van der Waals surface area contributed by atoms with Gasteiger partial charge in [-0.05, 0) is 34.2 Å². The van der Waals surface area contributed by atoms with E-state index in [1.54, 1.807) is 4.90 Å². The lowest BCUT2D eigenvalue weighted by molar-refractivity contribution is -0.141. The van der Waals surface area contributed by atoms with E-state index < -0.39 is 17.6 Å². The summed E-state index contributed by atoms with van der Waals surface area (Å²) >= 11 is 0. The van der Waals surface area contributed by atoms with Gasteiger partial charge >= 0.3 is 12.1 Å². The Hall–Kier alpha value is -4.21. The summed E-state index contributed by atoms with van der Waals surface area (Å²) in [6, 6.07) is 26.5. The van der Waals surface area contributed by atoms with Crippen LogP contribution in [0, 0.1) is 0 Å². The number of nitrogens with zero attached hydrogens (tertiary/aromatic N) is 3. The fraction of sp³-hybridized carbons (Fsp3) is 0.364. The second kappa shape index (κ2) is 12.0. The van der Waals surface area contributed by atoms with Gasteiger partial charge in [0, 0.05) is 51.7 Å². The van der Waals surface area contributed by atoms with Crippen LogP contribution in [0.15, 0.2) is 78.9 Å². The van der Waals surface area contributed by atoms with E-state index in [-0.39, 0.29) is 25.0 Å². The van der Waals surface area contributed by atoms with E-state index >= 15 is 0 Å². The maximum absolute atomic E-state index is 14.1. The van der Waals surface area contributed by atoms with Crippen LogP contribution in [0.2, 0.25) is 0 Å². The van der Waals surface area contributed by atoms with Gasteiger partial charge in [-0.2, -0.15) is 0 Å². The maximum Gasteiger partial charge on any atom is 0.408 e. The largest absolute Gasteiger partial charge is 0.480 e. The predicted octanol–water partition coefficient (Wildman–Crippen LogP) is 3.40. The standard InChI is InChI=1S/C33H36N4O5/c38-30(39)21-35-16-18-37(19-17-35)31(40)33(14-15-36(23-33)20-24-8-2-1-3-9-24)34-32(41)42-22-29-27-12-6-4-10-25(27)26-11-5-7-13-28(26)29/h1-13,29H,14-23H2,(H,34,41)(H,38,39). The number of fused-ring (bicyclic) bond motifs is 3. The zero-order chi connectivity index (χ0) is 29.1. The van der Waals surface area contributed by atoms with Crippen molar-refractivity contribution in [2.75, 3.05) is 52.4 Å². The van der Waals surface area contributed by atoms with Crippen molar-refractivity contribution in [3.8, 4) is 11.1 Å². The monoisotopic (exact) mass is 568 g/mol. The highest BCUT2D eigenvalue weighted by atomic mass is 16.5. The minimum Gasteiger partial charge on any atom is -0.480 e. The summed E-state index contributed by atoms with van der Waals surface area (Å²) in [5.74, 6) is -1.09. The molecule has 0 aromatic heterocycles. The number of rotatable bonds is 8. The topological polar surface area (TPSA) is 102 Å². The summed E-state index contributed by atoms with van der Waals surface area (Å²) in [6.07, 6.45) is -0.130. The van der Waals surface area contributed by atoms with Crippen LogP contribution in [0.5, 0.6) is 0 Å².